The summed E-state index contributed by atoms with van der Waals surface area (Å²) >= 11 is 0. The Morgan fingerprint density at radius 1 is 1.20 bits per heavy atom. The van der Waals surface area contributed by atoms with Gasteiger partial charge in [0.25, 0.3) is 0 Å². The van der Waals surface area contributed by atoms with Crippen molar-refractivity contribution >= 4 is 5.69 Å². The maximum absolute atomic E-state index is 14.2. The molecule has 0 aliphatic carbocycles. The summed E-state index contributed by atoms with van der Waals surface area (Å²) in [5.74, 6) is -0.129. The Kier molecular flexibility index (Phi) is 6.96. The first kappa shape index (κ1) is 16.9. The first-order valence-corrected chi connectivity index (χ1v) is 7.36. The second-order valence-electron chi connectivity index (χ2n) is 5.47. The van der Waals surface area contributed by atoms with Crippen molar-refractivity contribution in [3.05, 3.63) is 29.6 Å². The lowest BCUT2D eigenvalue weighted by atomic mass is 10.0. The monoisotopic (exact) mass is 281 g/mol. The van der Waals surface area contributed by atoms with E-state index in [1.54, 1.807) is 12.1 Å². The second kappa shape index (κ2) is 8.22. The molecule has 114 valence electrons. The molecule has 0 amide bonds. The van der Waals surface area contributed by atoms with Gasteiger partial charge in [-0.1, -0.05) is 13.0 Å². The summed E-state index contributed by atoms with van der Waals surface area (Å²) in [5.41, 5.74) is 1.78. The third-order valence-corrected chi connectivity index (χ3v) is 3.55. The molecule has 0 spiro atoms. The largest absolute Gasteiger partial charge is 0.370 e. The standard InChI is InChI=1S/C16H28FN3/c1-6-10-20(12-11-19(4)5)15-9-7-8-14(17)16(15)13(2)18-3/h7-9,13,18H,6,10-12H2,1-5H3. The van der Waals surface area contributed by atoms with E-state index in [1.165, 1.54) is 0 Å². The van der Waals surface area contributed by atoms with Gasteiger partial charge in [-0.3, -0.25) is 0 Å². The molecule has 0 bridgehead atoms. The van der Waals surface area contributed by atoms with E-state index in [-0.39, 0.29) is 11.9 Å². The minimum absolute atomic E-state index is 0.00455. The van der Waals surface area contributed by atoms with Gasteiger partial charge < -0.3 is 15.1 Å². The van der Waals surface area contributed by atoms with Gasteiger partial charge in [0.15, 0.2) is 0 Å². The van der Waals surface area contributed by atoms with E-state index in [4.69, 9.17) is 0 Å². The predicted octanol–water partition coefficient (Wildman–Crippen LogP) is 2.88. The SMILES string of the molecule is CCCN(CCN(C)C)c1cccc(F)c1C(C)NC. The van der Waals surface area contributed by atoms with Gasteiger partial charge in [-0.15, -0.1) is 0 Å². The van der Waals surface area contributed by atoms with Crippen LogP contribution in [-0.4, -0.2) is 45.7 Å². The molecule has 0 aliphatic heterocycles. The molecule has 0 radical (unpaired) electrons. The molecular weight excluding hydrogens is 253 g/mol. The van der Waals surface area contributed by atoms with Crippen LogP contribution in [0.25, 0.3) is 0 Å². The summed E-state index contributed by atoms with van der Waals surface area (Å²) in [4.78, 5) is 4.44. The molecule has 0 saturated heterocycles. The summed E-state index contributed by atoms with van der Waals surface area (Å²) in [6.45, 7) is 6.97. The fraction of sp³-hybridized carbons (Fsp3) is 0.625. The quantitative estimate of drug-likeness (QED) is 0.790. The van der Waals surface area contributed by atoms with Gasteiger partial charge in [0.2, 0.25) is 0 Å². The maximum Gasteiger partial charge on any atom is 0.130 e. The lowest BCUT2D eigenvalue weighted by Crippen LogP contribution is -2.34. The van der Waals surface area contributed by atoms with E-state index in [1.807, 2.05) is 20.0 Å². The molecule has 1 N–H and O–H groups in total. The average Bonchev–Trinajstić information content (AvgIpc) is 2.42. The predicted molar refractivity (Wildman–Crippen MR) is 84.9 cm³/mol. The van der Waals surface area contributed by atoms with Crippen LogP contribution in [0.5, 0.6) is 0 Å². The van der Waals surface area contributed by atoms with Crippen molar-refractivity contribution in [3.63, 3.8) is 0 Å². The number of hydrogen-bond acceptors (Lipinski definition) is 3. The molecule has 0 aliphatic rings. The van der Waals surface area contributed by atoms with Crippen LogP contribution in [-0.2, 0) is 0 Å². The van der Waals surface area contributed by atoms with Gasteiger partial charge in [0, 0.05) is 36.9 Å². The van der Waals surface area contributed by atoms with Crippen LogP contribution in [0.4, 0.5) is 10.1 Å². The highest BCUT2D eigenvalue weighted by atomic mass is 19.1. The van der Waals surface area contributed by atoms with Crippen molar-refractivity contribution in [3.8, 4) is 0 Å². The van der Waals surface area contributed by atoms with Gasteiger partial charge in [-0.05, 0) is 46.6 Å². The molecule has 3 nitrogen and oxygen atoms in total. The van der Waals surface area contributed by atoms with E-state index in [0.717, 1.165) is 37.3 Å². The van der Waals surface area contributed by atoms with E-state index in [0.29, 0.717) is 0 Å². The van der Waals surface area contributed by atoms with Crippen molar-refractivity contribution in [2.75, 3.05) is 45.7 Å². The van der Waals surface area contributed by atoms with Crippen molar-refractivity contribution in [1.29, 1.82) is 0 Å². The highest BCUT2D eigenvalue weighted by Crippen LogP contribution is 2.29. The topological polar surface area (TPSA) is 18.5 Å². The van der Waals surface area contributed by atoms with Crippen LogP contribution in [0.2, 0.25) is 0 Å². The Balaban J connectivity index is 3.08. The summed E-state index contributed by atoms with van der Waals surface area (Å²) in [5, 5.41) is 3.15. The summed E-state index contributed by atoms with van der Waals surface area (Å²) in [7, 11) is 5.99. The first-order chi connectivity index (χ1) is 9.51. The molecule has 4 heteroatoms. The Bertz CT molecular complexity index is 407. The number of halogens is 1. The molecule has 20 heavy (non-hydrogen) atoms. The average molecular weight is 281 g/mol. The lowest BCUT2D eigenvalue weighted by molar-refractivity contribution is 0.412. The Morgan fingerprint density at radius 2 is 1.90 bits per heavy atom. The summed E-state index contributed by atoms with van der Waals surface area (Å²) in [6, 6.07) is 5.37. The fourth-order valence-electron chi connectivity index (χ4n) is 2.32. The molecule has 0 saturated carbocycles. The molecule has 1 unspecified atom stereocenters. The van der Waals surface area contributed by atoms with Gasteiger partial charge >= 0.3 is 0 Å². The Morgan fingerprint density at radius 3 is 2.45 bits per heavy atom. The highest BCUT2D eigenvalue weighted by Gasteiger charge is 2.18. The summed E-state index contributed by atoms with van der Waals surface area (Å²) in [6.07, 6.45) is 1.05. The van der Waals surface area contributed by atoms with Gasteiger partial charge in [-0.2, -0.15) is 0 Å². The number of rotatable bonds is 8. The van der Waals surface area contributed by atoms with Crippen LogP contribution in [0.3, 0.4) is 0 Å². The molecule has 0 fully saturated rings. The van der Waals surface area contributed by atoms with Crippen LogP contribution in [0.1, 0.15) is 31.9 Å². The number of nitrogens with one attached hydrogen (secondary N) is 1. The third kappa shape index (κ3) is 4.46. The van der Waals surface area contributed by atoms with Crippen molar-refractivity contribution < 1.29 is 4.39 Å². The smallest absolute Gasteiger partial charge is 0.130 e. The number of benzene rings is 1. The molecule has 1 rings (SSSR count). The molecule has 0 aromatic heterocycles. The molecule has 1 aromatic carbocycles. The zero-order chi connectivity index (χ0) is 15.1. The molecule has 1 atom stereocenters. The van der Waals surface area contributed by atoms with Crippen molar-refractivity contribution in [2.45, 2.75) is 26.3 Å². The van der Waals surface area contributed by atoms with E-state index in [9.17, 15) is 4.39 Å². The number of nitrogens with zero attached hydrogens (tertiary/aromatic N) is 2. The number of anilines is 1. The zero-order valence-corrected chi connectivity index (χ0v) is 13.4. The number of hydrogen-bond donors (Lipinski definition) is 1. The number of likely N-dealkylation sites (N-methyl/N-ethyl adjacent to an activating group) is 1. The summed E-state index contributed by atoms with van der Waals surface area (Å²) < 4.78 is 14.2. The molecule has 1 aromatic rings. The van der Waals surface area contributed by atoms with Gasteiger partial charge in [0.05, 0.1) is 0 Å². The van der Waals surface area contributed by atoms with Gasteiger partial charge in [-0.25, -0.2) is 4.39 Å². The van der Waals surface area contributed by atoms with E-state index < -0.39 is 0 Å². The zero-order valence-electron chi connectivity index (χ0n) is 13.4. The fourth-order valence-corrected chi connectivity index (χ4v) is 2.32. The lowest BCUT2D eigenvalue weighted by Gasteiger charge is -2.30. The van der Waals surface area contributed by atoms with Crippen molar-refractivity contribution in [1.82, 2.24) is 10.2 Å². The van der Waals surface area contributed by atoms with Crippen molar-refractivity contribution in [2.24, 2.45) is 0 Å². The minimum atomic E-state index is -0.129. The normalized spacial score (nSPS) is 12.8. The minimum Gasteiger partial charge on any atom is -0.370 e. The highest BCUT2D eigenvalue weighted by molar-refractivity contribution is 5.55. The Hall–Kier alpha value is -1.13. The van der Waals surface area contributed by atoms with Crippen LogP contribution in [0.15, 0.2) is 18.2 Å². The van der Waals surface area contributed by atoms with Gasteiger partial charge in [0.1, 0.15) is 5.82 Å². The van der Waals surface area contributed by atoms with Crippen LogP contribution < -0.4 is 10.2 Å². The van der Waals surface area contributed by atoms with Crippen LogP contribution in [0, 0.1) is 5.82 Å². The third-order valence-electron chi connectivity index (χ3n) is 3.55. The molecular formula is C16H28FN3. The second-order valence-corrected chi connectivity index (χ2v) is 5.47. The molecule has 0 heterocycles. The maximum atomic E-state index is 14.2. The van der Waals surface area contributed by atoms with E-state index >= 15 is 0 Å². The van der Waals surface area contributed by atoms with Crippen LogP contribution >= 0.6 is 0 Å². The van der Waals surface area contributed by atoms with E-state index in [2.05, 4.69) is 36.1 Å². The Labute approximate surface area is 122 Å². The first-order valence-electron chi connectivity index (χ1n) is 7.36.